The minimum atomic E-state index is -9.35. The van der Waals surface area contributed by atoms with E-state index in [1.165, 1.54) is 6.07 Å². The Bertz CT molecular complexity index is 1220. The molecule has 1 rings (SSSR count). The number of hydrogen-bond acceptors (Lipinski definition) is 2. The monoisotopic (exact) mass is 689 g/mol. The van der Waals surface area contributed by atoms with Crippen LogP contribution in [0.25, 0.3) is 0 Å². The van der Waals surface area contributed by atoms with Crippen LogP contribution < -0.4 is 4.72 Å². The Morgan fingerprint density at radius 1 is 0.452 bits per heavy atom. The quantitative estimate of drug-likeness (QED) is 0.234. The third-order valence-corrected chi connectivity index (χ3v) is 6.58. The molecule has 0 aliphatic carbocycles. The Balaban J connectivity index is 3.72. The van der Waals surface area contributed by atoms with Gasteiger partial charge in [-0.2, -0.15) is 92.2 Å². The lowest BCUT2D eigenvalue weighted by atomic mass is 9.87. The van der Waals surface area contributed by atoms with Crippen LogP contribution in [0.4, 0.5) is 92.2 Å². The standard InChI is InChI=1S/C17H8F21NO2S/c18-8(19,10(22,23)12(26,27)14(30,31)16(34,35)36)9(20,21)11(24,25)13(28,29)15(32,33)17(37,38)42(40,41)39-6-7-4-2-1-3-5-7/h1-5,39H,6H2. The molecule has 0 aliphatic rings. The van der Waals surface area contributed by atoms with Gasteiger partial charge in [0.1, 0.15) is 0 Å². The van der Waals surface area contributed by atoms with E-state index in [4.69, 9.17) is 0 Å². The highest BCUT2D eigenvalue weighted by Gasteiger charge is 2.98. The van der Waals surface area contributed by atoms with Gasteiger partial charge in [-0.3, -0.25) is 0 Å². The highest BCUT2D eigenvalue weighted by atomic mass is 32.2. The van der Waals surface area contributed by atoms with Gasteiger partial charge in [0.2, 0.25) is 0 Å². The molecule has 0 radical (unpaired) electrons. The summed E-state index contributed by atoms with van der Waals surface area (Å²) in [5.74, 6) is -72.2. The van der Waals surface area contributed by atoms with E-state index < -0.39 is 80.9 Å². The summed E-state index contributed by atoms with van der Waals surface area (Å²) >= 11 is 0. The molecule has 1 aromatic carbocycles. The van der Waals surface area contributed by atoms with E-state index in [0.717, 1.165) is 24.3 Å². The second-order valence-corrected chi connectivity index (χ2v) is 9.73. The molecule has 0 fully saturated rings. The molecule has 0 bridgehead atoms. The Hall–Kier alpha value is -2.34. The highest BCUT2D eigenvalue weighted by Crippen LogP contribution is 2.66. The van der Waals surface area contributed by atoms with E-state index in [9.17, 15) is 101 Å². The van der Waals surface area contributed by atoms with E-state index in [2.05, 4.69) is 0 Å². The van der Waals surface area contributed by atoms with Gasteiger partial charge in [-0.25, -0.2) is 13.1 Å². The minimum Gasteiger partial charge on any atom is -0.206 e. The SMILES string of the molecule is O=S(=O)(NCc1ccccc1)C(F)(F)C(F)(F)C(F)(F)C(F)(F)C(F)(F)C(F)(F)C(F)(F)C(F)(F)C(F)(F)C(F)(F)F. The lowest BCUT2D eigenvalue weighted by Crippen LogP contribution is -2.77. The van der Waals surface area contributed by atoms with E-state index in [0.29, 0.717) is 4.72 Å². The van der Waals surface area contributed by atoms with Gasteiger partial charge in [-0.15, -0.1) is 0 Å². The zero-order chi connectivity index (χ0) is 34.0. The van der Waals surface area contributed by atoms with Crippen molar-refractivity contribution in [2.75, 3.05) is 0 Å². The Morgan fingerprint density at radius 2 is 0.738 bits per heavy atom. The summed E-state index contributed by atoms with van der Waals surface area (Å²) in [7, 11) is -7.50. The van der Waals surface area contributed by atoms with Crippen LogP contribution >= 0.6 is 0 Å². The van der Waals surface area contributed by atoms with Crippen molar-refractivity contribution in [1.82, 2.24) is 4.72 Å². The van der Waals surface area contributed by atoms with Gasteiger partial charge in [0.25, 0.3) is 10.0 Å². The normalized spacial score (nSPS) is 16.1. The molecule has 0 atom stereocenters. The van der Waals surface area contributed by atoms with Crippen molar-refractivity contribution in [3.8, 4) is 0 Å². The molecule has 3 nitrogen and oxygen atoms in total. The summed E-state index contributed by atoms with van der Waals surface area (Å²) in [6, 6.07) is 4.84. The minimum absolute atomic E-state index is 0.408. The molecular formula is C17H8F21NO2S. The highest BCUT2D eigenvalue weighted by molar-refractivity contribution is 7.90. The third-order valence-electron chi connectivity index (χ3n) is 5.13. The molecule has 0 amide bonds. The molecule has 0 saturated heterocycles. The van der Waals surface area contributed by atoms with Crippen LogP contribution in [0.15, 0.2) is 30.3 Å². The molecule has 0 aromatic heterocycles. The summed E-state index contributed by atoms with van der Waals surface area (Å²) in [4.78, 5) is 0. The van der Waals surface area contributed by atoms with Gasteiger partial charge in [0.15, 0.2) is 0 Å². The van der Waals surface area contributed by atoms with Gasteiger partial charge < -0.3 is 0 Å². The fraction of sp³-hybridized carbons (Fsp3) is 0.647. The number of alkyl halides is 21. The van der Waals surface area contributed by atoms with E-state index in [1.54, 1.807) is 0 Å². The van der Waals surface area contributed by atoms with Crippen LogP contribution in [0.3, 0.4) is 0 Å². The number of rotatable bonds is 12. The van der Waals surface area contributed by atoms with Crippen molar-refractivity contribution < 1.29 is 101 Å². The molecule has 0 unspecified atom stereocenters. The maximum absolute atomic E-state index is 14.0. The molecular weight excluding hydrogens is 681 g/mol. The lowest BCUT2D eigenvalue weighted by Gasteiger charge is -2.44. The topological polar surface area (TPSA) is 46.2 Å². The van der Waals surface area contributed by atoms with Crippen LogP contribution in [0, 0.1) is 0 Å². The van der Waals surface area contributed by atoms with Gasteiger partial charge in [-0.1, -0.05) is 30.3 Å². The van der Waals surface area contributed by atoms with E-state index in [1.807, 2.05) is 0 Å². The Kier molecular flexibility index (Phi) is 9.07. The summed E-state index contributed by atoms with van der Waals surface area (Å²) < 4.78 is 304. The van der Waals surface area contributed by atoms with Crippen molar-refractivity contribution in [2.45, 2.75) is 65.4 Å². The summed E-state index contributed by atoms with van der Waals surface area (Å²) in [6.45, 7) is -1.57. The first-order valence-corrected chi connectivity index (χ1v) is 11.1. The molecule has 246 valence electrons. The second kappa shape index (κ2) is 10.1. The number of benzene rings is 1. The maximum atomic E-state index is 14.0. The van der Waals surface area contributed by atoms with Crippen molar-refractivity contribution in [1.29, 1.82) is 0 Å². The molecule has 0 saturated carbocycles. The predicted molar refractivity (Wildman–Crippen MR) is 92.8 cm³/mol. The number of hydrogen-bond donors (Lipinski definition) is 1. The Morgan fingerprint density at radius 3 is 1.05 bits per heavy atom. The molecule has 0 heterocycles. The zero-order valence-corrected chi connectivity index (χ0v) is 19.6. The molecule has 0 aliphatic heterocycles. The average Bonchev–Trinajstić information content (AvgIpc) is 2.81. The second-order valence-electron chi connectivity index (χ2n) is 7.92. The van der Waals surface area contributed by atoms with Gasteiger partial charge in [-0.05, 0) is 5.56 Å². The fourth-order valence-electron chi connectivity index (χ4n) is 2.58. The maximum Gasteiger partial charge on any atom is 0.460 e. The largest absolute Gasteiger partial charge is 0.460 e. The molecule has 1 N–H and O–H groups in total. The van der Waals surface area contributed by atoms with Gasteiger partial charge >= 0.3 is 58.8 Å². The first kappa shape index (κ1) is 37.7. The van der Waals surface area contributed by atoms with Crippen LogP contribution in [-0.4, -0.2) is 67.2 Å². The molecule has 25 heteroatoms. The van der Waals surface area contributed by atoms with Crippen molar-refractivity contribution in [3.63, 3.8) is 0 Å². The zero-order valence-electron chi connectivity index (χ0n) is 18.8. The summed E-state index contributed by atoms with van der Waals surface area (Å²) in [5, 5.41) is -7.79. The third kappa shape index (κ3) is 4.90. The van der Waals surface area contributed by atoms with Crippen LogP contribution in [-0.2, 0) is 16.6 Å². The van der Waals surface area contributed by atoms with Gasteiger partial charge in [0.05, 0.1) is 0 Å². The summed E-state index contributed by atoms with van der Waals surface area (Å²) in [5.41, 5.74) is -0.470. The van der Waals surface area contributed by atoms with Crippen LogP contribution in [0.1, 0.15) is 5.56 Å². The van der Waals surface area contributed by atoms with Gasteiger partial charge in [0, 0.05) is 6.54 Å². The molecule has 0 spiro atoms. The predicted octanol–water partition coefficient (Wildman–Crippen LogP) is 7.34. The number of nitrogens with one attached hydrogen (secondary N) is 1. The van der Waals surface area contributed by atoms with E-state index in [-0.39, 0.29) is 0 Å². The van der Waals surface area contributed by atoms with Crippen molar-refractivity contribution >= 4 is 10.0 Å². The molecule has 1 aromatic rings. The summed E-state index contributed by atoms with van der Waals surface area (Å²) in [6.07, 6.45) is -8.08. The van der Waals surface area contributed by atoms with E-state index >= 15 is 0 Å². The molecule has 42 heavy (non-hydrogen) atoms. The Labute approximate surface area is 217 Å². The number of halogens is 21. The van der Waals surface area contributed by atoms with Crippen LogP contribution in [0.2, 0.25) is 0 Å². The first-order valence-electron chi connectivity index (χ1n) is 9.58. The van der Waals surface area contributed by atoms with Crippen molar-refractivity contribution in [2.24, 2.45) is 0 Å². The average molecular weight is 689 g/mol. The first-order chi connectivity index (χ1) is 18.1. The lowest BCUT2D eigenvalue weighted by molar-refractivity contribution is -0.472. The fourth-order valence-corrected chi connectivity index (χ4v) is 3.58. The van der Waals surface area contributed by atoms with Crippen molar-refractivity contribution in [3.05, 3.63) is 35.9 Å². The number of sulfonamides is 1. The van der Waals surface area contributed by atoms with Crippen LogP contribution in [0.5, 0.6) is 0 Å². The smallest absolute Gasteiger partial charge is 0.206 e.